The van der Waals surface area contributed by atoms with Crippen molar-refractivity contribution in [3.8, 4) is 5.69 Å². The Morgan fingerprint density at radius 1 is 1.08 bits per heavy atom. The van der Waals surface area contributed by atoms with E-state index in [0.717, 1.165) is 5.56 Å². The van der Waals surface area contributed by atoms with Crippen LogP contribution in [0.2, 0.25) is 5.02 Å². The van der Waals surface area contributed by atoms with Crippen molar-refractivity contribution >= 4 is 23.4 Å². The quantitative estimate of drug-likeness (QED) is 0.699. The summed E-state index contributed by atoms with van der Waals surface area (Å²) in [6, 6.07) is 17.2. The van der Waals surface area contributed by atoms with Crippen LogP contribution in [0.4, 0.5) is 0 Å². The predicted molar refractivity (Wildman–Crippen MR) is 99.2 cm³/mol. The van der Waals surface area contributed by atoms with Crippen molar-refractivity contribution in [2.45, 2.75) is 12.5 Å². The molecule has 0 fully saturated rings. The molecule has 6 nitrogen and oxygen atoms in total. The summed E-state index contributed by atoms with van der Waals surface area (Å²) in [4.78, 5) is 24.2. The van der Waals surface area contributed by atoms with Crippen molar-refractivity contribution < 1.29 is 9.59 Å². The largest absolute Gasteiger partial charge is 0.368 e. The molecule has 1 unspecified atom stereocenters. The first-order valence-electron chi connectivity index (χ1n) is 7.99. The Kier molecular flexibility index (Phi) is 5.34. The first-order valence-corrected chi connectivity index (χ1v) is 8.37. The minimum atomic E-state index is -0.824. The molecule has 0 aliphatic carbocycles. The molecule has 1 atom stereocenters. The maximum absolute atomic E-state index is 12.5. The van der Waals surface area contributed by atoms with E-state index in [2.05, 4.69) is 10.4 Å². The highest BCUT2D eigenvalue weighted by molar-refractivity contribution is 6.32. The highest BCUT2D eigenvalue weighted by atomic mass is 35.5. The zero-order valence-electron chi connectivity index (χ0n) is 13.8. The van der Waals surface area contributed by atoms with E-state index in [4.69, 9.17) is 17.3 Å². The van der Waals surface area contributed by atoms with E-state index in [1.165, 1.54) is 4.68 Å². The number of para-hydroxylation sites is 1. The van der Waals surface area contributed by atoms with Gasteiger partial charge >= 0.3 is 0 Å². The number of primary amides is 1. The van der Waals surface area contributed by atoms with Crippen LogP contribution < -0.4 is 11.1 Å². The molecule has 0 saturated heterocycles. The number of amides is 2. The second-order valence-electron chi connectivity index (χ2n) is 5.72. The van der Waals surface area contributed by atoms with E-state index < -0.39 is 17.9 Å². The van der Waals surface area contributed by atoms with Crippen molar-refractivity contribution in [2.75, 3.05) is 0 Å². The lowest BCUT2D eigenvalue weighted by atomic mass is 10.1. The number of nitrogens with two attached hydrogens (primary N) is 1. The van der Waals surface area contributed by atoms with Gasteiger partial charge in [-0.3, -0.25) is 9.59 Å². The number of halogens is 1. The standard InChI is InChI=1S/C19H17ClN4O2/c20-14-8-4-5-9-17(14)24-11-10-15(23-24)19(26)22-16(18(21)25)12-13-6-2-1-3-7-13/h1-11,16H,12H2,(H2,21,25)(H,22,26). The Bertz CT molecular complexity index is 924. The van der Waals surface area contributed by atoms with Crippen LogP contribution >= 0.6 is 11.6 Å². The van der Waals surface area contributed by atoms with Gasteiger partial charge in [0.15, 0.2) is 5.69 Å². The second-order valence-corrected chi connectivity index (χ2v) is 6.12. The third-order valence-corrected chi connectivity index (χ3v) is 4.17. The van der Waals surface area contributed by atoms with Crippen molar-refractivity contribution in [1.82, 2.24) is 15.1 Å². The zero-order valence-corrected chi connectivity index (χ0v) is 14.6. The van der Waals surface area contributed by atoms with Crippen LogP contribution in [0.15, 0.2) is 66.9 Å². The Balaban J connectivity index is 1.74. The molecule has 1 heterocycles. The van der Waals surface area contributed by atoms with E-state index in [-0.39, 0.29) is 5.69 Å². The summed E-state index contributed by atoms with van der Waals surface area (Å²) < 4.78 is 1.51. The maximum Gasteiger partial charge on any atom is 0.272 e. The molecule has 0 aliphatic heterocycles. The molecule has 7 heteroatoms. The third kappa shape index (κ3) is 4.10. The van der Waals surface area contributed by atoms with E-state index >= 15 is 0 Å². The average molecular weight is 369 g/mol. The lowest BCUT2D eigenvalue weighted by molar-refractivity contribution is -0.119. The van der Waals surface area contributed by atoms with Gasteiger partial charge in [-0.15, -0.1) is 0 Å². The second kappa shape index (κ2) is 7.84. The summed E-state index contributed by atoms with van der Waals surface area (Å²) in [5.74, 6) is -1.08. The Hall–Kier alpha value is -3.12. The van der Waals surface area contributed by atoms with Crippen LogP contribution in [0.25, 0.3) is 5.69 Å². The first-order chi connectivity index (χ1) is 12.5. The number of carbonyl (C=O) groups is 2. The Morgan fingerprint density at radius 2 is 1.77 bits per heavy atom. The fourth-order valence-electron chi connectivity index (χ4n) is 2.52. The predicted octanol–water partition coefficient (Wildman–Crippen LogP) is 2.35. The highest BCUT2D eigenvalue weighted by Crippen LogP contribution is 2.19. The number of aromatic nitrogens is 2. The van der Waals surface area contributed by atoms with Gasteiger partial charge in [-0.2, -0.15) is 5.10 Å². The molecule has 26 heavy (non-hydrogen) atoms. The number of nitrogens with one attached hydrogen (secondary N) is 1. The molecule has 132 valence electrons. The lowest BCUT2D eigenvalue weighted by Crippen LogP contribution is -2.46. The molecular formula is C19H17ClN4O2. The van der Waals surface area contributed by atoms with E-state index in [9.17, 15) is 9.59 Å². The van der Waals surface area contributed by atoms with Gasteiger partial charge < -0.3 is 11.1 Å². The molecule has 0 spiro atoms. The Morgan fingerprint density at radius 3 is 2.46 bits per heavy atom. The van der Waals surface area contributed by atoms with Crippen LogP contribution in [-0.2, 0) is 11.2 Å². The average Bonchev–Trinajstić information content (AvgIpc) is 3.12. The fourth-order valence-corrected chi connectivity index (χ4v) is 2.74. The smallest absolute Gasteiger partial charge is 0.272 e. The molecule has 2 aromatic carbocycles. The van der Waals surface area contributed by atoms with Gasteiger partial charge in [0.2, 0.25) is 5.91 Å². The number of hydrogen-bond acceptors (Lipinski definition) is 3. The summed E-state index contributed by atoms with van der Waals surface area (Å²) in [6.07, 6.45) is 1.94. The third-order valence-electron chi connectivity index (χ3n) is 3.85. The molecule has 0 radical (unpaired) electrons. The van der Waals surface area contributed by atoms with Crippen LogP contribution in [0, 0.1) is 0 Å². The Labute approximate surface area is 155 Å². The van der Waals surface area contributed by atoms with Crippen LogP contribution in [0.1, 0.15) is 16.1 Å². The summed E-state index contributed by atoms with van der Waals surface area (Å²) >= 11 is 6.14. The van der Waals surface area contributed by atoms with Crippen LogP contribution in [0.5, 0.6) is 0 Å². The number of hydrogen-bond donors (Lipinski definition) is 2. The molecule has 1 aromatic heterocycles. The van der Waals surface area contributed by atoms with Crippen molar-refractivity contribution in [3.05, 3.63) is 83.1 Å². The zero-order chi connectivity index (χ0) is 18.5. The molecule has 3 aromatic rings. The van der Waals surface area contributed by atoms with E-state index in [1.54, 1.807) is 24.4 Å². The first kappa shape index (κ1) is 17.7. The van der Waals surface area contributed by atoms with Gasteiger partial charge in [0.05, 0.1) is 10.7 Å². The molecule has 0 saturated carbocycles. The highest BCUT2D eigenvalue weighted by Gasteiger charge is 2.21. The van der Waals surface area contributed by atoms with Crippen molar-refractivity contribution in [3.63, 3.8) is 0 Å². The van der Waals surface area contributed by atoms with Gasteiger partial charge in [0.25, 0.3) is 5.91 Å². The number of nitrogens with zero attached hydrogens (tertiary/aromatic N) is 2. The van der Waals surface area contributed by atoms with Gasteiger partial charge in [-0.1, -0.05) is 54.1 Å². The lowest BCUT2D eigenvalue weighted by Gasteiger charge is -2.14. The monoisotopic (exact) mass is 368 g/mol. The normalized spacial score (nSPS) is 11.7. The molecule has 3 N–H and O–H groups in total. The molecular weight excluding hydrogens is 352 g/mol. The van der Waals surface area contributed by atoms with E-state index in [0.29, 0.717) is 17.1 Å². The number of benzene rings is 2. The number of carbonyl (C=O) groups excluding carboxylic acids is 2. The molecule has 0 bridgehead atoms. The maximum atomic E-state index is 12.5. The SMILES string of the molecule is NC(=O)C(Cc1ccccc1)NC(=O)c1ccn(-c2ccccc2Cl)n1. The summed E-state index contributed by atoms with van der Waals surface area (Å²) in [5, 5.41) is 7.38. The van der Waals surface area contributed by atoms with Gasteiger partial charge in [0, 0.05) is 12.6 Å². The van der Waals surface area contributed by atoms with Gasteiger partial charge in [0.1, 0.15) is 6.04 Å². The fraction of sp³-hybridized carbons (Fsp3) is 0.105. The van der Waals surface area contributed by atoms with Crippen LogP contribution in [-0.4, -0.2) is 27.6 Å². The topological polar surface area (TPSA) is 90.0 Å². The molecule has 3 rings (SSSR count). The molecule has 0 aliphatic rings. The summed E-state index contributed by atoms with van der Waals surface area (Å²) in [7, 11) is 0. The van der Waals surface area contributed by atoms with E-state index in [1.807, 2.05) is 42.5 Å². The van der Waals surface area contributed by atoms with Gasteiger partial charge in [-0.25, -0.2) is 4.68 Å². The van der Waals surface area contributed by atoms with Crippen LogP contribution in [0.3, 0.4) is 0 Å². The van der Waals surface area contributed by atoms with Gasteiger partial charge in [-0.05, 0) is 23.8 Å². The summed E-state index contributed by atoms with van der Waals surface area (Å²) in [6.45, 7) is 0. The molecule has 2 amide bonds. The minimum absolute atomic E-state index is 0.171. The number of rotatable bonds is 6. The van der Waals surface area contributed by atoms with Crippen molar-refractivity contribution in [1.29, 1.82) is 0 Å². The minimum Gasteiger partial charge on any atom is -0.368 e. The summed E-state index contributed by atoms with van der Waals surface area (Å²) in [5.41, 5.74) is 7.16. The van der Waals surface area contributed by atoms with Crippen molar-refractivity contribution in [2.24, 2.45) is 5.73 Å².